The van der Waals surface area contributed by atoms with Crippen LogP contribution in [-0.2, 0) is 25.2 Å². The Kier molecular flexibility index (Phi) is 7.50. The third-order valence-corrected chi connectivity index (χ3v) is 6.25. The summed E-state index contributed by atoms with van der Waals surface area (Å²) in [5.74, 6) is 0.564. The van der Waals surface area contributed by atoms with E-state index in [1.807, 2.05) is 6.07 Å². The second kappa shape index (κ2) is 9.38. The molecule has 1 aliphatic rings. The Morgan fingerprint density at radius 1 is 1.42 bits per heavy atom. The number of hydrogen-bond donors (Lipinski definition) is 1. The van der Waals surface area contributed by atoms with Gasteiger partial charge < -0.3 is 15.2 Å². The van der Waals surface area contributed by atoms with Crippen LogP contribution in [0.15, 0.2) is 34.2 Å². The summed E-state index contributed by atoms with van der Waals surface area (Å²) in [4.78, 5) is 4.47. The standard InChI is InChI=1S/C15H23N3O4S2/c1-21-8-5-17-15(16)23-12-13-3-2-4-14(11-13)24(19,20)18-6-9-22-10-7-18/h2-4,11H,5-10,12H2,1H3,(H2,16,17). The molecule has 0 radical (unpaired) electrons. The fourth-order valence-electron chi connectivity index (χ4n) is 2.18. The summed E-state index contributed by atoms with van der Waals surface area (Å²) in [6.45, 7) is 2.68. The summed E-state index contributed by atoms with van der Waals surface area (Å²) in [6.07, 6.45) is 0. The fourth-order valence-corrected chi connectivity index (χ4v) is 4.34. The van der Waals surface area contributed by atoms with Gasteiger partial charge in [0.15, 0.2) is 5.17 Å². The van der Waals surface area contributed by atoms with Gasteiger partial charge in [-0.05, 0) is 17.7 Å². The number of amidine groups is 1. The summed E-state index contributed by atoms with van der Waals surface area (Å²) >= 11 is 1.38. The van der Waals surface area contributed by atoms with Crippen molar-refractivity contribution in [3.8, 4) is 0 Å². The lowest BCUT2D eigenvalue weighted by molar-refractivity contribution is 0.0730. The summed E-state index contributed by atoms with van der Waals surface area (Å²) < 4.78 is 36.9. The summed E-state index contributed by atoms with van der Waals surface area (Å²) in [6, 6.07) is 6.95. The Balaban J connectivity index is 2.01. The monoisotopic (exact) mass is 373 g/mol. The van der Waals surface area contributed by atoms with Crippen LogP contribution < -0.4 is 5.73 Å². The average molecular weight is 374 g/mol. The van der Waals surface area contributed by atoms with Crippen molar-refractivity contribution in [3.05, 3.63) is 29.8 Å². The highest BCUT2D eigenvalue weighted by Gasteiger charge is 2.26. The second-order valence-electron chi connectivity index (χ2n) is 5.17. The Bertz CT molecular complexity index is 658. The van der Waals surface area contributed by atoms with Crippen molar-refractivity contribution in [2.24, 2.45) is 10.7 Å². The van der Waals surface area contributed by atoms with Gasteiger partial charge in [-0.25, -0.2) is 8.42 Å². The van der Waals surface area contributed by atoms with Crippen LogP contribution in [0.2, 0.25) is 0 Å². The molecule has 1 fully saturated rings. The lowest BCUT2D eigenvalue weighted by atomic mass is 10.2. The van der Waals surface area contributed by atoms with Crippen molar-refractivity contribution in [2.45, 2.75) is 10.6 Å². The number of nitrogens with two attached hydrogens (primary N) is 1. The van der Waals surface area contributed by atoms with E-state index >= 15 is 0 Å². The first-order valence-electron chi connectivity index (χ1n) is 7.62. The van der Waals surface area contributed by atoms with E-state index in [2.05, 4.69) is 4.99 Å². The van der Waals surface area contributed by atoms with Gasteiger partial charge in [-0.1, -0.05) is 23.9 Å². The molecular weight excluding hydrogens is 350 g/mol. The molecular formula is C15H23N3O4S2. The van der Waals surface area contributed by atoms with Crippen LogP contribution in [0, 0.1) is 0 Å². The molecule has 7 nitrogen and oxygen atoms in total. The second-order valence-corrected chi connectivity index (χ2v) is 8.10. The maximum atomic E-state index is 12.7. The van der Waals surface area contributed by atoms with Gasteiger partial charge in [0.1, 0.15) is 0 Å². The summed E-state index contributed by atoms with van der Waals surface area (Å²) in [7, 11) is -1.86. The Morgan fingerprint density at radius 2 is 2.17 bits per heavy atom. The number of nitrogens with zero attached hydrogens (tertiary/aromatic N) is 2. The molecule has 0 bridgehead atoms. The topological polar surface area (TPSA) is 94.2 Å². The lowest BCUT2D eigenvalue weighted by Gasteiger charge is -2.26. The largest absolute Gasteiger partial charge is 0.383 e. The molecule has 24 heavy (non-hydrogen) atoms. The molecule has 0 aliphatic carbocycles. The van der Waals surface area contributed by atoms with Crippen molar-refractivity contribution < 1.29 is 17.9 Å². The molecule has 9 heteroatoms. The van der Waals surface area contributed by atoms with Gasteiger partial charge in [0.2, 0.25) is 10.0 Å². The van der Waals surface area contributed by atoms with E-state index in [4.69, 9.17) is 15.2 Å². The van der Waals surface area contributed by atoms with E-state index in [0.717, 1.165) is 5.56 Å². The van der Waals surface area contributed by atoms with Gasteiger partial charge >= 0.3 is 0 Å². The zero-order chi connectivity index (χ0) is 17.4. The molecule has 1 aromatic carbocycles. The Morgan fingerprint density at radius 3 is 2.88 bits per heavy atom. The van der Waals surface area contributed by atoms with E-state index in [9.17, 15) is 8.42 Å². The van der Waals surface area contributed by atoms with Crippen LogP contribution >= 0.6 is 11.8 Å². The minimum absolute atomic E-state index is 0.303. The highest BCUT2D eigenvalue weighted by molar-refractivity contribution is 8.13. The molecule has 0 unspecified atom stereocenters. The molecule has 134 valence electrons. The van der Waals surface area contributed by atoms with E-state index in [-0.39, 0.29) is 0 Å². The molecule has 0 amide bonds. The van der Waals surface area contributed by atoms with Crippen LogP contribution in [-0.4, -0.2) is 64.5 Å². The highest BCUT2D eigenvalue weighted by Crippen LogP contribution is 2.20. The van der Waals surface area contributed by atoms with Crippen molar-refractivity contribution in [3.63, 3.8) is 0 Å². The van der Waals surface area contributed by atoms with Crippen LogP contribution in [0.5, 0.6) is 0 Å². The smallest absolute Gasteiger partial charge is 0.243 e. The molecule has 0 aromatic heterocycles. The Hall–Kier alpha value is -1.13. The van der Waals surface area contributed by atoms with Gasteiger partial charge in [0, 0.05) is 26.0 Å². The zero-order valence-corrected chi connectivity index (χ0v) is 15.3. The van der Waals surface area contributed by atoms with Crippen molar-refractivity contribution >= 4 is 27.0 Å². The van der Waals surface area contributed by atoms with Crippen molar-refractivity contribution in [1.29, 1.82) is 0 Å². The zero-order valence-electron chi connectivity index (χ0n) is 13.7. The van der Waals surface area contributed by atoms with Crippen LogP contribution in [0.4, 0.5) is 0 Å². The maximum absolute atomic E-state index is 12.7. The van der Waals surface area contributed by atoms with Gasteiger partial charge in [-0.2, -0.15) is 4.31 Å². The van der Waals surface area contributed by atoms with E-state index < -0.39 is 10.0 Å². The predicted octanol–water partition coefficient (Wildman–Crippen LogP) is 0.902. The van der Waals surface area contributed by atoms with E-state index in [0.29, 0.717) is 55.3 Å². The maximum Gasteiger partial charge on any atom is 0.243 e. The molecule has 1 aliphatic heterocycles. The van der Waals surface area contributed by atoms with Crippen molar-refractivity contribution in [2.75, 3.05) is 46.6 Å². The SMILES string of the molecule is COCCN=C(N)SCc1cccc(S(=O)(=O)N2CCOCC2)c1. The number of thioether (sulfide) groups is 1. The molecule has 1 aromatic rings. The lowest BCUT2D eigenvalue weighted by Crippen LogP contribution is -2.40. The first-order valence-corrected chi connectivity index (χ1v) is 10.0. The molecule has 1 saturated heterocycles. The van der Waals surface area contributed by atoms with Crippen LogP contribution in [0.3, 0.4) is 0 Å². The number of morpholine rings is 1. The fraction of sp³-hybridized carbons (Fsp3) is 0.533. The molecule has 2 N–H and O–H groups in total. The van der Waals surface area contributed by atoms with Gasteiger partial charge in [0.25, 0.3) is 0 Å². The molecule has 1 heterocycles. The number of benzene rings is 1. The van der Waals surface area contributed by atoms with Gasteiger partial charge in [0.05, 0.1) is 31.3 Å². The van der Waals surface area contributed by atoms with Crippen LogP contribution in [0.25, 0.3) is 0 Å². The first kappa shape index (κ1) is 19.2. The number of ether oxygens (including phenoxy) is 2. The number of sulfonamides is 1. The van der Waals surface area contributed by atoms with Gasteiger partial charge in [-0.15, -0.1) is 0 Å². The molecule has 0 spiro atoms. The molecule has 2 rings (SSSR count). The van der Waals surface area contributed by atoms with E-state index in [1.54, 1.807) is 25.3 Å². The summed E-state index contributed by atoms with van der Waals surface area (Å²) in [5.41, 5.74) is 6.71. The highest BCUT2D eigenvalue weighted by atomic mass is 32.2. The minimum Gasteiger partial charge on any atom is -0.383 e. The normalized spacial score (nSPS) is 17.1. The van der Waals surface area contributed by atoms with E-state index in [1.165, 1.54) is 16.1 Å². The minimum atomic E-state index is -3.47. The number of aliphatic imine (C=N–C) groups is 1. The predicted molar refractivity (Wildman–Crippen MR) is 95.7 cm³/mol. The summed E-state index contributed by atoms with van der Waals surface area (Å²) in [5, 5.41) is 0.466. The first-order chi connectivity index (χ1) is 11.5. The molecule has 0 saturated carbocycles. The van der Waals surface area contributed by atoms with Crippen molar-refractivity contribution in [1.82, 2.24) is 4.31 Å². The number of hydrogen-bond acceptors (Lipinski definition) is 6. The third-order valence-electron chi connectivity index (χ3n) is 3.46. The number of rotatable bonds is 7. The number of methoxy groups -OCH3 is 1. The quantitative estimate of drug-likeness (QED) is 0.434. The Labute approximate surface area is 147 Å². The van der Waals surface area contributed by atoms with Gasteiger partial charge in [-0.3, -0.25) is 4.99 Å². The molecule has 0 atom stereocenters. The third kappa shape index (κ3) is 5.45. The average Bonchev–Trinajstić information content (AvgIpc) is 2.61. The van der Waals surface area contributed by atoms with Crippen LogP contribution in [0.1, 0.15) is 5.56 Å².